The van der Waals surface area contributed by atoms with Crippen molar-refractivity contribution in [2.24, 2.45) is 0 Å². The van der Waals surface area contributed by atoms with Gasteiger partial charge in [-0.15, -0.1) is 0 Å². The van der Waals surface area contributed by atoms with Crippen LogP contribution in [0, 0.1) is 0 Å². The van der Waals surface area contributed by atoms with Crippen LogP contribution in [-0.4, -0.2) is 37.6 Å². The number of halogens is 1. The molecule has 0 aromatic heterocycles. The van der Waals surface area contributed by atoms with Crippen molar-refractivity contribution < 1.29 is 0 Å². The molecular formula is C13H19ClN2. The Hall–Kier alpha value is -0.730. The van der Waals surface area contributed by atoms with E-state index in [1.54, 1.807) is 0 Å². The molecule has 88 valence electrons. The molecule has 0 unspecified atom stereocenters. The Bertz CT molecular complexity index is 332. The van der Waals surface area contributed by atoms with Crippen LogP contribution >= 0.6 is 11.6 Å². The Balaban J connectivity index is 1.96. The highest BCUT2D eigenvalue weighted by molar-refractivity contribution is 6.33. The zero-order chi connectivity index (χ0) is 11.4. The van der Waals surface area contributed by atoms with Gasteiger partial charge in [-0.25, -0.2) is 0 Å². The molecule has 0 radical (unpaired) electrons. The van der Waals surface area contributed by atoms with Gasteiger partial charge in [0.15, 0.2) is 0 Å². The number of hydrogen-bond acceptors (Lipinski definition) is 2. The van der Waals surface area contributed by atoms with Crippen molar-refractivity contribution in [1.82, 2.24) is 4.90 Å². The monoisotopic (exact) mass is 238 g/mol. The summed E-state index contributed by atoms with van der Waals surface area (Å²) in [5.74, 6) is 0. The number of rotatable bonds is 3. The normalized spacial score (nSPS) is 17.8. The van der Waals surface area contributed by atoms with Crippen LogP contribution in [0.1, 0.15) is 13.3 Å². The molecule has 0 aliphatic carbocycles. The van der Waals surface area contributed by atoms with E-state index < -0.39 is 0 Å². The lowest BCUT2D eigenvalue weighted by Gasteiger charge is -2.36. The second kappa shape index (κ2) is 5.55. The van der Waals surface area contributed by atoms with Gasteiger partial charge in [0.05, 0.1) is 10.7 Å². The summed E-state index contributed by atoms with van der Waals surface area (Å²) in [4.78, 5) is 4.90. The molecule has 1 heterocycles. The topological polar surface area (TPSA) is 6.48 Å². The number of para-hydroxylation sites is 1. The van der Waals surface area contributed by atoms with Crippen LogP contribution in [0.2, 0.25) is 5.02 Å². The molecule has 16 heavy (non-hydrogen) atoms. The summed E-state index contributed by atoms with van der Waals surface area (Å²) in [6, 6.07) is 8.12. The zero-order valence-corrected chi connectivity index (χ0v) is 10.6. The summed E-state index contributed by atoms with van der Waals surface area (Å²) in [5.41, 5.74) is 1.18. The average Bonchev–Trinajstić information content (AvgIpc) is 2.31. The van der Waals surface area contributed by atoms with Crippen LogP contribution in [0.3, 0.4) is 0 Å². The minimum absolute atomic E-state index is 0.867. The van der Waals surface area contributed by atoms with E-state index >= 15 is 0 Å². The molecule has 2 rings (SSSR count). The Kier molecular flexibility index (Phi) is 4.08. The molecule has 1 aromatic rings. The molecule has 1 aliphatic rings. The Morgan fingerprint density at radius 3 is 2.44 bits per heavy atom. The summed E-state index contributed by atoms with van der Waals surface area (Å²) in [6.07, 6.45) is 1.24. The maximum absolute atomic E-state index is 6.20. The minimum atomic E-state index is 0.867. The molecule has 1 fully saturated rings. The number of piperazine rings is 1. The molecule has 0 saturated carbocycles. The van der Waals surface area contributed by atoms with E-state index in [0.717, 1.165) is 31.2 Å². The van der Waals surface area contributed by atoms with E-state index in [9.17, 15) is 0 Å². The molecular weight excluding hydrogens is 220 g/mol. The highest BCUT2D eigenvalue weighted by atomic mass is 35.5. The number of benzene rings is 1. The van der Waals surface area contributed by atoms with Crippen LogP contribution < -0.4 is 4.90 Å². The second-order valence-electron chi connectivity index (χ2n) is 4.28. The van der Waals surface area contributed by atoms with Gasteiger partial charge < -0.3 is 4.90 Å². The van der Waals surface area contributed by atoms with Crippen molar-refractivity contribution in [1.29, 1.82) is 0 Å². The molecule has 0 spiro atoms. The van der Waals surface area contributed by atoms with E-state index in [1.165, 1.54) is 18.7 Å². The quantitative estimate of drug-likeness (QED) is 0.799. The van der Waals surface area contributed by atoms with Gasteiger partial charge in [0, 0.05) is 26.2 Å². The largest absolute Gasteiger partial charge is 0.368 e. The molecule has 1 aromatic carbocycles. The van der Waals surface area contributed by atoms with Crippen LogP contribution in [0.4, 0.5) is 5.69 Å². The predicted octanol–water partition coefficient (Wildman–Crippen LogP) is 2.87. The summed E-state index contributed by atoms with van der Waals surface area (Å²) in [5, 5.41) is 0.867. The van der Waals surface area contributed by atoms with Crippen LogP contribution in [-0.2, 0) is 0 Å². The van der Waals surface area contributed by atoms with Crippen molar-refractivity contribution >= 4 is 17.3 Å². The van der Waals surface area contributed by atoms with Gasteiger partial charge in [0.1, 0.15) is 0 Å². The van der Waals surface area contributed by atoms with E-state index in [2.05, 4.69) is 28.9 Å². The average molecular weight is 239 g/mol. The first-order valence-electron chi connectivity index (χ1n) is 6.03. The maximum Gasteiger partial charge on any atom is 0.0639 e. The minimum Gasteiger partial charge on any atom is -0.368 e. The fraction of sp³-hybridized carbons (Fsp3) is 0.538. The van der Waals surface area contributed by atoms with Gasteiger partial charge in [-0.2, -0.15) is 0 Å². The molecule has 0 N–H and O–H groups in total. The fourth-order valence-corrected chi connectivity index (χ4v) is 2.49. The summed E-state index contributed by atoms with van der Waals surface area (Å²) >= 11 is 6.20. The first-order chi connectivity index (χ1) is 7.81. The third kappa shape index (κ3) is 2.69. The van der Waals surface area contributed by atoms with Crippen molar-refractivity contribution in [3.05, 3.63) is 29.3 Å². The highest BCUT2D eigenvalue weighted by Gasteiger charge is 2.17. The van der Waals surface area contributed by atoms with Gasteiger partial charge in [-0.3, -0.25) is 4.90 Å². The molecule has 3 heteroatoms. The number of nitrogens with zero attached hydrogens (tertiary/aromatic N) is 2. The molecule has 1 aliphatic heterocycles. The van der Waals surface area contributed by atoms with Crippen molar-refractivity contribution in [3.63, 3.8) is 0 Å². The van der Waals surface area contributed by atoms with Crippen molar-refractivity contribution in [2.75, 3.05) is 37.6 Å². The summed E-state index contributed by atoms with van der Waals surface area (Å²) in [6.45, 7) is 7.93. The lowest BCUT2D eigenvalue weighted by Crippen LogP contribution is -2.46. The maximum atomic E-state index is 6.20. The lowest BCUT2D eigenvalue weighted by atomic mass is 10.2. The number of anilines is 1. The van der Waals surface area contributed by atoms with E-state index in [-0.39, 0.29) is 0 Å². The predicted molar refractivity (Wildman–Crippen MR) is 70.4 cm³/mol. The summed E-state index contributed by atoms with van der Waals surface area (Å²) in [7, 11) is 0. The first kappa shape index (κ1) is 11.7. The third-order valence-corrected chi connectivity index (χ3v) is 3.42. The van der Waals surface area contributed by atoms with E-state index in [4.69, 9.17) is 11.6 Å². The summed E-state index contributed by atoms with van der Waals surface area (Å²) < 4.78 is 0. The van der Waals surface area contributed by atoms with Crippen molar-refractivity contribution in [2.45, 2.75) is 13.3 Å². The zero-order valence-electron chi connectivity index (χ0n) is 9.82. The van der Waals surface area contributed by atoms with Gasteiger partial charge in [-0.1, -0.05) is 30.7 Å². The Morgan fingerprint density at radius 1 is 1.12 bits per heavy atom. The van der Waals surface area contributed by atoms with E-state index in [0.29, 0.717) is 0 Å². The standard InChI is InChI=1S/C13H19ClN2/c1-2-7-15-8-10-16(11-9-15)13-6-4-3-5-12(13)14/h3-6H,2,7-11H2,1H3. The van der Waals surface area contributed by atoms with Crippen LogP contribution in [0.25, 0.3) is 0 Å². The van der Waals surface area contributed by atoms with Crippen molar-refractivity contribution in [3.8, 4) is 0 Å². The fourth-order valence-electron chi connectivity index (χ4n) is 2.24. The SMILES string of the molecule is CCCN1CCN(c2ccccc2Cl)CC1. The second-order valence-corrected chi connectivity index (χ2v) is 4.69. The lowest BCUT2D eigenvalue weighted by molar-refractivity contribution is 0.258. The molecule has 0 bridgehead atoms. The number of hydrogen-bond donors (Lipinski definition) is 0. The van der Waals surface area contributed by atoms with E-state index in [1.807, 2.05) is 12.1 Å². The molecule has 2 nitrogen and oxygen atoms in total. The third-order valence-electron chi connectivity index (χ3n) is 3.11. The highest BCUT2D eigenvalue weighted by Crippen LogP contribution is 2.25. The van der Waals surface area contributed by atoms with Crippen LogP contribution in [0.15, 0.2) is 24.3 Å². The smallest absolute Gasteiger partial charge is 0.0639 e. The Morgan fingerprint density at radius 2 is 1.81 bits per heavy atom. The van der Waals surface area contributed by atoms with Gasteiger partial charge in [-0.05, 0) is 25.1 Å². The molecule has 0 atom stereocenters. The van der Waals surface area contributed by atoms with Gasteiger partial charge in [0.25, 0.3) is 0 Å². The first-order valence-corrected chi connectivity index (χ1v) is 6.41. The van der Waals surface area contributed by atoms with Gasteiger partial charge >= 0.3 is 0 Å². The van der Waals surface area contributed by atoms with Gasteiger partial charge in [0.2, 0.25) is 0 Å². The Labute approximate surface area is 103 Å². The van der Waals surface area contributed by atoms with Crippen LogP contribution in [0.5, 0.6) is 0 Å². The molecule has 1 saturated heterocycles. The molecule has 0 amide bonds.